The second kappa shape index (κ2) is 17.8. The summed E-state index contributed by atoms with van der Waals surface area (Å²) < 4.78 is 80.0. The van der Waals surface area contributed by atoms with Crippen LogP contribution in [0, 0.1) is 17.8 Å². The summed E-state index contributed by atoms with van der Waals surface area (Å²) in [5.74, 6) is -0.192. The van der Waals surface area contributed by atoms with E-state index in [0.717, 1.165) is 64.9 Å². The van der Waals surface area contributed by atoms with E-state index in [0.29, 0.717) is 12.0 Å². The van der Waals surface area contributed by atoms with E-state index in [1.165, 1.54) is 0 Å². The number of rotatable bonds is 10. The molecule has 3 N–H and O–H groups in total. The normalized spacial score (nSPS) is 22.0. The summed E-state index contributed by atoms with van der Waals surface area (Å²) in [7, 11) is 2.75. The second-order valence-corrected chi connectivity index (χ2v) is 8.24. The smallest absolute Gasteiger partial charge is 0.383 e. The van der Waals surface area contributed by atoms with Crippen LogP contribution in [0.3, 0.4) is 0 Å². The number of ether oxygens (including phenoxy) is 2. The van der Waals surface area contributed by atoms with Crippen molar-refractivity contribution in [3.05, 3.63) is 0 Å². The van der Waals surface area contributed by atoms with Gasteiger partial charge in [0.05, 0.1) is 6.10 Å². The van der Waals surface area contributed by atoms with Crippen molar-refractivity contribution in [2.75, 3.05) is 20.8 Å². The molecule has 5 nitrogen and oxygen atoms in total. The lowest BCUT2D eigenvalue weighted by molar-refractivity contribution is -0.224. The van der Waals surface area contributed by atoms with Gasteiger partial charge in [-0.2, -0.15) is 26.3 Å². The summed E-state index contributed by atoms with van der Waals surface area (Å²) >= 11 is 0. The lowest BCUT2D eigenvalue weighted by atomic mass is 9.72. The predicted molar refractivity (Wildman–Crippen MR) is 109 cm³/mol. The molecule has 0 saturated heterocycles. The molecule has 0 bridgehead atoms. The van der Waals surface area contributed by atoms with Gasteiger partial charge in [0.15, 0.2) is 6.10 Å². The van der Waals surface area contributed by atoms with Crippen molar-refractivity contribution in [3.8, 4) is 0 Å². The number of hydrogen-bond acceptors (Lipinski definition) is 5. The lowest BCUT2D eigenvalue weighted by Crippen LogP contribution is -2.39. The molecule has 0 aromatic rings. The Balaban J connectivity index is 0. The molecule has 0 aliphatic heterocycles. The molecule has 0 aromatic carbocycles. The molecule has 1 saturated carbocycles. The summed E-state index contributed by atoms with van der Waals surface area (Å²) in [5.41, 5.74) is 0. The first-order valence-corrected chi connectivity index (χ1v) is 10.9. The van der Waals surface area contributed by atoms with E-state index in [1.54, 1.807) is 14.0 Å². The van der Waals surface area contributed by atoms with Gasteiger partial charge in [0, 0.05) is 14.2 Å². The number of alkyl halides is 6. The zero-order chi connectivity index (χ0) is 25.4. The van der Waals surface area contributed by atoms with Crippen molar-refractivity contribution in [3.63, 3.8) is 0 Å². The molecule has 4 unspecified atom stereocenters. The van der Waals surface area contributed by atoms with Gasteiger partial charge in [0.2, 0.25) is 0 Å². The molecule has 0 amide bonds. The molecule has 5 atom stereocenters. The number of methoxy groups -OCH3 is 2. The highest BCUT2D eigenvalue weighted by Gasteiger charge is 2.44. The van der Waals surface area contributed by atoms with Crippen LogP contribution in [0.1, 0.15) is 71.6 Å². The van der Waals surface area contributed by atoms with Gasteiger partial charge >= 0.3 is 12.4 Å². The number of hydrogen-bond donors (Lipinski definition) is 3. The van der Waals surface area contributed by atoms with Gasteiger partial charge in [0.25, 0.3) is 0 Å². The Morgan fingerprint density at radius 1 is 1.00 bits per heavy atom. The van der Waals surface area contributed by atoms with E-state index in [2.05, 4.69) is 11.7 Å². The highest BCUT2D eigenvalue weighted by molar-refractivity contribution is 4.83. The Labute approximate surface area is 187 Å². The fraction of sp³-hybridized carbons (Fsp3) is 1.00. The molecular formula is C21H40F6O5. The number of halogens is 6. The Morgan fingerprint density at radius 2 is 1.59 bits per heavy atom. The van der Waals surface area contributed by atoms with Crippen molar-refractivity contribution in [1.82, 2.24) is 0 Å². The minimum absolute atomic E-state index is 0.00672. The van der Waals surface area contributed by atoms with Gasteiger partial charge in [-0.1, -0.05) is 52.4 Å². The standard InChI is InChI=1S/C18H33F3O2.C3H5F3O.H2O2/c1-4-16(23-3)11-6-5-8-14-9-7-10-15(12-14)13(2)17(22)18(19,20)21;1-7-2-3(4,5)6;1-2/h13-17,22H,4-12H2,1-3H3;2H2,1H3;1-2H/t13?,14?,15?,16?,17-;;/m1../s1. The fourth-order valence-electron chi connectivity index (χ4n) is 4.09. The second-order valence-electron chi connectivity index (χ2n) is 8.24. The minimum atomic E-state index is -4.50. The molecule has 1 rings (SSSR count). The van der Waals surface area contributed by atoms with Gasteiger partial charge in [-0.3, -0.25) is 10.5 Å². The molecule has 1 aliphatic rings. The molecule has 0 spiro atoms. The van der Waals surface area contributed by atoms with Gasteiger partial charge < -0.3 is 14.6 Å². The van der Waals surface area contributed by atoms with Crippen LogP contribution in [0.5, 0.6) is 0 Å². The van der Waals surface area contributed by atoms with Crippen molar-refractivity contribution in [1.29, 1.82) is 0 Å². The van der Waals surface area contributed by atoms with Gasteiger partial charge in [-0.25, -0.2) is 0 Å². The van der Waals surface area contributed by atoms with E-state index in [9.17, 15) is 31.4 Å². The summed E-state index contributed by atoms with van der Waals surface area (Å²) in [5, 5.41) is 21.5. The Hall–Kier alpha value is -0.620. The topological polar surface area (TPSA) is 79.2 Å². The van der Waals surface area contributed by atoms with Gasteiger partial charge in [-0.05, 0) is 37.0 Å². The van der Waals surface area contributed by atoms with Crippen molar-refractivity contribution >= 4 is 0 Å². The maximum Gasteiger partial charge on any atom is 0.414 e. The first-order valence-electron chi connectivity index (χ1n) is 10.9. The van der Waals surface area contributed by atoms with Crippen LogP contribution in [-0.4, -0.2) is 61.0 Å². The average molecular weight is 487 g/mol. The maximum atomic E-state index is 12.7. The highest BCUT2D eigenvalue weighted by Crippen LogP contribution is 2.40. The van der Waals surface area contributed by atoms with Crippen molar-refractivity contribution < 1.29 is 51.4 Å². The zero-order valence-corrected chi connectivity index (χ0v) is 19.4. The maximum absolute atomic E-state index is 12.7. The van der Waals surface area contributed by atoms with Crippen LogP contribution in [0.15, 0.2) is 0 Å². The SMILES string of the molecule is CCC(CCCCC1CCCC(C(C)[C@@H](O)C(F)(F)F)C1)OC.COCC(F)(F)F.OO. The molecule has 0 aromatic heterocycles. The zero-order valence-electron chi connectivity index (χ0n) is 19.4. The Kier molecular flexibility index (Phi) is 18.7. The van der Waals surface area contributed by atoms with E-state index in [-0.39, 0.29) is 5.92 Å². The molecule has 1 aliphatic carbocycles. The Bertz CT molecular complexity index is 430. The lowest BCUT2D eigenvalue weighted by Gasteiger charge is -2.35. The Morgan fingerprint density at radius 3 is 2.00 bits per heavy atom. The molecule has 196 valence electrons. The first-order chi connectivity index (χ1) is 14.9. The van der Waals surface area contributed by atoms with E-state index in [4.69, 9.17) is 15.3 Å². The molecule has 32 heavy (non-hydrogen) atoms. The van der Waals surface area contributed by atoms with Crippen LogP contribution < -0.4 is 0 Å². The average Bonchev–Trinajstić information content (AvgIpc) is 2.73. The van der Waals surface area contributed by atoms with E-state index in [1.807, 2.05) is 0 Å². The minimum Gasteiger partial charge on any atom is -0.383 e. The summed E-state index contributed by atoms with van der Waals surface area (Å²) in [6.07, 6.45) is -1.37. The van der Waals surface area contributed by atoms with Crippen molar-refractivity contribution in [2.24, 2.45) is 17.8 Å². The number of aliphatic hydroxyl groups is 1. The van der Waals surface area contributed by atoms with Crippen LogP contribution in [-0.2, 0) is 9.47 Å². The van der Waals surface area contributed by atoms with Gasteiger partial charge in [0.1, 0.15) is 6.61 Å². The van der Waals surface area contributed by atoms with Crippen molar-refractivity contribution in [2.45, 2.75) is 96.2 Å². The summed E-state index contributed by atoms with van der Waals surface area (Å²) in [4.78, 5) is 0. The van der Waals surface area contributed by atoms with Crippen LogP contribution in [0.4, 0.5) is 26.3 Å². The third-order valence-corrected chi connectivity index (χ3v) is 5.89. The first kappa shape index (κ1) is 33.6. The van der Waals surface area contributed by atoms with E-state index < -0.39 is 31.0 Å². The highest BCUT2D eigenvalue weighted by atomic mass is 19.4. The molecule has 0 radical (unpaired) electrons. The number of aliphatic hydroxyl groups excluding tert-OH is 1. The third-order valence-electron chi connectivity index (χ3n) is 5.89. The third kappa shape index (κ3) is 16.1. The molecule has 11 heteroatoms. The molecule has 0 heterocycles. The largest absolute Gasteiger partial charge is 0.414 e. The van der Waals surface area contributed by atoms with Crippen LogP contribution in [0.2, 0.25) is 0 Å². The monoisotopic (exact) mass is 486 g/mol. The molecular weight excluding hydrogens is 446 g/mol. The van der Waals surface area contributed by atoms with E-state index >= 15 is 0 Å². The molecule has 1 fully saturated rings. The number of unbranched alkanes of at least 4 members (excludes halogenated alkanes) is 1. The summed E-state index contributed by atoms with van der Waals surface area (Å²) in [6, 6.07) is 0. The quantitative estimate of drug-likeness (QED) is 0.141. The summed E-state index contributed by atoms with van der Waals surface area (Å²) in [6.45, 7) is 2.51. The predicted octanol–water partition coefficient (Wildman–Crippen LogP) is 6.55. The van der Waals surface area contributed by atoms with Crippen LogP contribution >= 0.6 is 0 Å². The fourth-order valence-corrected chi connectivity index (χ4v) is 4.09. The van der Waals surface area contributed by atoms with Crippen LogP contribution in [0.25, 0.3) is 0 Å². The van der Waals surface area contributed by atoms with Gasteiger partial charge in [-0.15, -0.1) is 0 Å².